The van der Waals surface area contributed by atoms with E-state index in [2.05, 4.69) is 10.3 Å². The Balaban J connectivity index is 2.23. The van der Waals surface area contributed by atoms with Crippen LogP contribution < -0.4 is 5.32 Å². The highest BCUT2D eigenvalue weighted by Crippen LogP contribution is 2.20. The summed E-state index contributed by atoms with van der Waals surface area (Å²) in [5.74, 6) is -0.783. The van der Waals surface area contributed by atoms with E-state index in [0.717, 1.165) is 24.1 Å². The van der Waals surface area contributed by atoms with E-state index >= 15 is 0 Å². The van der Waals surface area contributed by atoms with Gasteiger partial charge in [-0.3, -0.25) is 0 Å². The molecule has 0 saturated carbocycles. The molecule has 0 atom stereocenters. The molecule has 0 aliphatic carbocycles. The topological polar surface area (TPSA) is 75.4 Å². The Hall–Kier alpha value is -2.30. The maximum atomic E-state index is 10.7. The van der Waals surface area contributed by atoms with Crippen LogP contribution in [-0.2, 0) is 0 Å². The smallest absolute Gasteiger partial charge is 0.357 e. The molecule has 0 radical (unpaired) electrons. The van der Waals surface area contributed by atoms with Crippen LogP contribution in [0.1, 0.15) is 17.4 Å². The standard InChI is InChI=1S/C12H12N2O3/c1-2-13-9-5-3-8(4-6-9)11-14-10(7-17-11)12(15)16/h3-7,13H,2H2,1H3,(H,15,16). The highest BCUT2D eigenvalue weighted by molar-refractivity contribution is 5.85. The van der Waals surface area contributed by atoms with Gasteiger partial charge in [0, 0.05) is 17.8 Å². The average Bonchev–Trinajstić information content (AvgIpc) is 2.80. The lowest BCUT2D eigenvalue weighted by Gasteiger charge is -2.02. The fourth-order valence-corrected chi connectivity index (χ4v) is 1.44. The van der Waals surface area contributed by atoms with Gasteiger partial charge in [-0.1, -0.05) is 0 Å². The lowest BCUT2D eigenvalue weighted by Crippen LogP contribution is -1.96. The SMILES string of the molecule is CCNc1ccc(-c2nc(C(=O)O)co2)cc1. The van der Waals surface area contributed by atoms with Crippen LogP contribution >= 0.6 is 0 Å². The van der Waals surface area contributed by atoms with Gasteiger partial charge in [0.2, 0.25) is 5.89 Å². The fraction of sp³-hybridized carbons (Fsp3) is 0.167. The van der Waals surface area contributed by atoms with Gasteiger partial charge in [-0.2, -0.15) is 0 Å². The molecule has 2 rings (SSSR count). The van der Waals surface area contributed by atoms with Crippen LogP contribution in [-0.4, -0.2) is 22.6 Å². The van der Waals surface area contributed by atoms with Crippen LogP contribution in [0.2, 0.25) is 0 Å². The van der Waals surface area contributed by atoms with E-state index in [4.69, 9.17) is 9.52 Å². The van der Waals surface area contributed by atoms with Gasteiger partial charge < -0.3 is 14.8 Å². The average molecular weight is 232 g/mol. The van der Waals surface area contributed by atoms with Crippen molar-refractivity contribution in [3.05, 3.63) is 36.2 Å². The van der Waals surface area contributed by atoms with Gasteiger partial charge in [0.05, 0.1) is 0 Å². The van der Waals surface area contributed by atoms with E-state index in [0.29, 0.717) is 5.89 Å². The number of rotatable bonds is 4. The van der Waals surface area contributed by atoms with Crippen LogP contribution in [0.25, 0.3) is 11.5 Å². The van der Waals surface area contributed by atoms with Gasteiger partial charge in [-0.25, -0.2) is 9.78 Å². The van der Waals surface area contributed by atoms with Crippen molar-refractivity contribution in [3.63, 3.8) is 0 Å². The molecule has 0 fully saturated rings. The molecule has 0 amide bonds. The maximum Gasteiger partial charge on any atom is 0.357 e. The Labute approximate surface area is 98.1 Å². The quantitative estimate of drug-likeness (QED) is 0.846. The molecule has 0 saturated heterocycles. The number of benzene rings is 1. The van der Waals surface area contributed by atoms with Crippen LogP contribution in [0.15, 0.2) is 34.9 Å². The fourth-order valence-electron chi connectivity index (χ4n) is 1.44. The van der Waals surface area contributed by atoms with Crippen molar-refractivity contribution in [2.45, 2.75) is 6.92 Å². The van der Waals surface area contributed by atoms with Gasteiger partial charge in [-0.05, 0) is 31.2 Å². The summed E-state index contributed by atoms with van der Waals surface area (Å²) >= 11 is 0. The number of nitrogens with one attached hydrogen (secondary N) is 1. The second-order valence-electron chi connectivity index (χ2n) is 3.45. The molecule has 2 aromatic rings. The molecule has 5 heteroatoms. The summed E-state index contributed by atoms with van der Waals surface area (Å²) in [5, 5.41) is 11.9. The molecular formula is C12H12N2O3. The third-order valence-electron chi connectivity index (χ3n) is 2.24. The zero-order chi connectivity index (χ0) is 12.3. The number of oxazole rings is 1. The van der Waals surface area contributed by atoms with Crippen molar-refractivity contribution in [1.29, 1.82) is 0 Å². The summed E-state index contributed by atoms with van der Waals surface area (Å²) in [4.78, 5) is 14.5. The van der Waals surface area contributed by atoms with E-state index < -0.39 is 5.97 Å². The highest BCUT2D eigenvalue weighted by atomic mass is 16.4. The summed E-state index contributed by atoms with van der Waals surface area (Å²) in [5.41, 5.74) is 1.66. The molecule has 5 nitrogen and oxygen atoms in total. The van der Waals surface area contributed by atoms with E-state index in [1.807, 2.05) is 31.2 Å². The minimum atomic E-state index is -1.09. The van der Waals surface area contributed by atoms with Gasteiger partial charge in [-0.15, -0.1) is 0 Å². The van der Waals surface area contributed by atoms with E-state index in [1.54, 1.807) is 0 Å². The number of aromatic nitrogens is 1. The number of carboxylic acid groups (broad SMARTS) is 1. The first-order chi connectivity index (χ1) is 8.20. The second kappa shape index (κ2) is 4.69. The molecule has 1 heterocycles. The molecule has 2 N–H and O–H groups in total. The predicted octanol–water partition coefficient (Wildman–Crippen LogP) is 2.47. The molecule has 0 aliphatic heterocycles. The predicted molar refractivity (Wildman–Crippen MR) is 63.1 cm³/mol. The number of aromatic carboxylic acids is 1. The van der Waals surface area contributed by atoms with Crippen molar-refractivity contribution in [1.82, 2.24) is 4.98 Å². The number of carbonyl (C=O) groups is 1. The van der Waals surface area contributed by atoms with Crippen molar-refractivity contribution in [3.8, 4) is 11.5 Å². The van der Waals surface area contributed by atoms with E-state index in [9.17, 15) is 4.79 Å². The maximum absolute atomic E-state index is 10.7. The zero-order valence-electron chi connectivity index (χ0n) is 9.30. The van der Waals surface area contributed by atoms with Gasteiger partial charge in [0.1, 0.15) is 6.26 Å². The van der Waals surface area contributed by atoms with Gasteiger partial charge in [0.25, 0.3) is 0 Å². The van der Waals surface area contributed by atoms with Gasteiger partial charge in [0.15, 0.2) is 5.69 Å². The number of hydrogen-bond donors (Lipinski definition) is 2. The molecule has 0 unspecified atom stereocenters. The summed E-state index contributed by atoms with van der Waals surface area (Å²) in [6, 6.07) is 7.44. The Morgan fingerprint density at radius 1 is 1.41 bits per heavy atom. The summed E-state index contributed by atoms with van der Waals surface area (Å²) < 4.78 is 5.10. The molecule has 0 aliphatic rings. The summed E-state index contributed by atoms with van der Waals surface area (Å²) in [6.45, 7) is 2.86. The Morgan fingerprint density at radius 3 is 2.65 bits per heavy atom. The summed E-state index contributed by atoms with van der Waals surface area (Å²) in [7, 11) is 0. The van der Waals surface area contributed by atoms with Crippen LogP contribution in [0.5, 0.6) is 0 Å². The minimum Gasteiger partial charge on any atom is -0.476 e. The number of anilines is 1. The first-order valence-corrected chi connectivity index (χ1v) is 5.24. The van der Waals surface area contributed by atoms with Crippen molar-refractivity contribution >= 4 is 11.7 Å². The Morgan fingerprint density at radius 2 is 2.12 bits per heavy atom. The van der Waals surface area contributed by atoms with Crippen LogP contribution in [0, 0.1) is 0 Å². The number of hydrogen-bond acceptors (Lipinski definition) is 4. The summed E-state index contributed by atoms with van der Waals surface area (Å²) in [6.07, 6.45) is 1.13. The first kappa shape index (κ1) is 11.2. The largest absolute Gasteiger partial charge is 0.476 e. The third-order valence-corrected chi connectivity index (χ3v) is 2.24. The molecule has 0 spiro atoms. The van der Waals surface area contributed by atoms with Crippen LogP contribution in [0.4, 0.5) is 5.69 Å². The first-order valence-electron chi connectivity index (χ1n) is 5.24. The normalized spacial score (nSPS) is 10.2. The third kappa shape index (κ3) is 2.44. The number of nitrogens with zero attached hydrogens (tertiary/aromatic N) is 1. The van der Waals surface area contributed by atoms with E-state index in [-0.39, 0.29) is 5.69 Å². The van der Waals surface area contributed by atoms with E-state index in [1.165, 1.54) is 0 Å². The highest BCUT2D eigenvalue weighted by Gasteiger charge is 2.11. The molecule has 1 aromatic carbocycles. The molecule has 1 aromatic heterocycles. The second-order valence-corrected chi connectivity index (χ2v) is 3.45. The lowest BCUT2D eigenvalue weighted by molar-refractivity contribution is 0.0690. The monoisotopic (exact) mass is 232 g/mol. The zero-order valence-corrected chi connectivity index (χ0v) is 9.30. The molecular weight excluding hydrogens is 220 g/mol. The number of carboxylic acids is 1. The van der Waals surface area contributed by atoms with Crippen LogP contribution in [0.3, 0.4) is 0 Å². The minimum absolute atomic E-state index is 0.0873. The lowest BCUT2D eigenvalue weighted by atomic mass is 10.2. The molecule has 17 heavy (non-hydrogen) atoms. The Kier molecular flexibility index (Phi) is 3.09. The van der Waals surface area contributed by atoms with Gasteiger partial charge >= 0.3 is 5.97 Å². The van der Waals surface area contributed by atoms with Crippen molar-refractivity contribution in [2.24, 2.45) is 0 Å². The van der Waals surface area contributed by atoms with Crippen molar-refractivity contribution < 1.29 is 14.3 Å². The Bertz CT molecular complexity index is 517. The molecule has 0 bridgehead atoms. The molecule has 88 valence electrons. The van der Waals surface area contributed by atoms with Crippen molar-refractivity contribution in [2.75, 3.05) is 11.9 Å².